The number of nitrogens with zero attached hydrogens (tertiary/aromatic N) is 1. The number of likely N-dealkylation sites (tertiary alicyclic amines) is 1. The maximum Gasteiger partial charge on any atom is 0.326 e. The molecule has 0 aromatic heterocycles. The number of nitrogens with one attached hydrogen (secondary N) is 2. The Kier molecular flexibility index (Phi) is 11.5. The smallest absolute Gasteiger partial charge is 0.326 e. The summed E-state index contributed by atoms with van der Waals surface area (Å²) in [7, 11) is 0. The second-order valence-electron chi connectivity index (χ2n) is 8.14. The molecule has 0 aliphatic carbocycles. The first kappa shape index (κ1) is 27.7. The van der Waals surface area contributed by atoms with Crippen molar-refractivity contribution in [2.75, 3.05) is 18.6 Å². The van der Waals surface area contributed by atoms with E-state index in [9.17, 15) is 29.1 Å². The molecule has 1 fully saturated rings. The largest absolute Gasteiger partial charge is 0.481 e. The van der Waals surface area contributed by atoms with Crippen LogP contribution in [0.5, 0.6) is 0 Å². The number of nitrogens with two attached hydrogens (primary N) is 1. The van der Waals surface area contributed by atoms with Gasteiger partial charge in [-0.15, -0.1) is 0 Å². The second kappa shape index (κ2) is 13.3. The maximum absolute atomic E-state index is 13.0. The predicted octanol–water partition coefficient (Wildman–Crippen LogP) is -0.367. The van der Waals surface area contributed by atoms with Gasteiger partial charge in [-0.05, 0) is 43.6 Å². The molecular weight excluding hydrogens is 440 g/mol. The van der Waals surface area contributed by atoms with Crippen LogP contribution >= 0.6 is 11.8 Å². The Balaban J connectivity index is 2.95. The van der Waals surface area contributed by atoms with E-state index in [1.807, 2.05) is 6.26 Å². The summed E-state index contributed by atoms with van der Waals surface area (Å²) in [4.78, 5) is 62.0. The molecule has 1 heterocycles. The van der Waals surface area contributed by atoms with Gasteiger partial charge in [0.2, 0.25) is 17.7 Å². The number of thioether (sulfide) groups is 1. The number of aliphatic carboxylic acids is 2. The van der Waals surface area contributed by atoms with Crippen LogP contribution in [0.3, 0.4) is 0 Å². The first-order valence-corrected chi connectivity index (χ1v) is 12.0. The molecule has 182 valence electrons. The fourth-order valence-corrected chi connectivity index (χ4v) is 3.91. The molecule has 0 bridgehead atoms. The number of carboxylic acid groups (broad SMARTS) is 2. The number of carbonyl (C=O) groups excluding carboxylic acids is 3. The molecule has 3 amide bonds. The zero-order chi connectivity index (χ0) is 24.4. The van der Waals surface area contributed by atoms with Crippen LogP contribution in [-0.4, -0.2) is 87.5 Å². The Morgan fingerprint density at radius 1 is 1.09 bits per heavy atom. The van der Waals surface area contributed by atoms with Crippen molar-refractivity contribution in [2.45, 2.75) is 70.1 Å². The molecule has 11 nitrogen and oxygen atoms in total. The van der Waals surface area contributed by atoms with Crippen molar-refractivity contribution in [3.8, 4) is 0 Å². The molecule has 1 saturated heterocycles. The van der Waals surface area contributed by atoms with Gasteiger partial charge in [-0.1, -0.05) is 13.8 Å². The molecule has 0 aromatic carbocycles. The van der Waals surface area contributed by atoms with Crippen LogP contribution in [0.15, 0.2) is 0 Å². The molecule has 0 aromatic rings. The number of carboxylic acids is 2. The van der Waals surface area contributed by atoms with Gasteiger partial charge in [-0.2, -0.15) is 11.8 Å². The Labute approximate surface area is 191 Å². The van der Waals surface area contributed by atoms with Gasteiger partial charge in [-0.3, -0.25) is 19.2 Å². The minimum Gasteiger partial charge on any atom is -0.481 e. The van der Waals surface area contributed by atoms with Gasteiger partial charge in [0.15, 0.2) is 0 Å². The summed E-state index contributed by atoms with van der Waals surface area (Å²) in [6.45, 7) is 3.69. The fourth-order valence-electron chi connectivity index (χ4n) is 3.42. The highest BCUT2D eigenvalue weighted by Gasteiger charge is 2.39. The van der Waals surface area contributed by atoms with Gasteiger partial charge >= 0.3 is 11.9 Å². The van der Waals surface area contributed by atoms with Crippen molar-refractivity contribution in [2.24, 2.45) is 11.7 Å². The lowest BCUT2D eigenvalue weighted by atomic mass is 10.0. The van der Waals surface area contributed by atoms with Gasteiger partial charge in [0.05, 0.1) is 6.04 Å². The molecule has 0 radical (unpaired) electrons. The topological polar surface area (TPSA) is 179 Å². The SMILES string of the molecule is CSCCC(N)C(=O)NC(CCC(=O)O)C(=O)NC(C(=O)N1CCCC1C(=O)O)C(C)C. The molecule has 12 heteroatoms. The summed E-state index contributed by atoms with van der Waals surface area (Å²) in [5.41, 5.74) is 5.84. The van der Waals surface area contributed by atoms with E-state index >= 15 is 0 Å². The Morgan fingerprint density at radius 3 is 2.28 bits per heavy atom. The van der Waals surface area contributed by atoms with Gasteiger partial charge in [0.25, 0.3) is 0 Å². The van der Waals surface area contributed by atoms with Crippen molar-refractivity contribution < 1.29 is 34.2 Å². The van der Waals surface area contributed by atoms with E-state index in [-0.39, 0.29) is 25.3 Å². The Morgan fingerprint density at radius 2 is 1.75 bits per heavy atom. The first-order valence-electron chi connectivity index (χ1n) is 10.6. The van der Waals surface area contributed by atoms with Crippen molar-refractivity contribution >= 4 is 41.4 Å². The van der Waals surface area contributed by atoms with Crippen molar-refractivity contribution in [3.63, 3.8) is 0 Å². The maximum atomic E-state index is 13.0. The van der Waals surface area contributed by atoms with E-state index in [2.05, 4.69) is 10.6 Å². The summed E-state index contributed by atoms with van der Waals surface area (Å²) < 4.78 is 0. The highest BCUT2D eigenvalue weighted by molar-refractivity contribution is 7.98. The normalized spacial score (nSPS) is 18.7. The molecule has 4 unspecified atom stereocenters. The molecule has 32 heavy (non-hydrogen) atoms. The Bertz CT molecular complexity index is 703. The number of amides is 3. The van der Waals surface area contributed by atoms with Crippen LogP contribution in [-0.2, 0) is 24.0 Å². The highest BCUT2D eigenvalue weighted by Crippen LogP contribution is 2.20. The van der Waals surface area contributed by atoms with Crippen LogP contribution in [0, 0.1) is 5.92 Å². The zero-order valence-corrected chi connectivity index (χ0v) is 19.5. The van der Waals surface area contributed by atoms with Crippen LogP contribution in [0.4, 0.5) is 0 Å². The molecule has 0 spiro atoms. The van der Waals surface area contributed by atoms with E-state index in [0.717, 1.165) is 0 Å². The zero-order valence-electron chi connectivity index (χ0n) is 18.7. The number of hydrogen-bond donors (Lipinski definition) is 5. The molecule has 6 N–H and O–H groups in total. The third-order valence-corrected chi connectivity index (χ3v) is 5.94. The van der Waals surface area contributed by atoms with E-state index in [1.165, 1.54) is 16.7 Å². The van der Waals surface area contributed by atoms with Gasteiger partial charge in [0, 0.05) is 13.0 Å². The molecule has 1 rings (SSSR count). The van der Waals surface area contributed by atoms with Crippen molar-refractivity contribution in [3.05, 3.63) is 0 Å². The lowest BCUT2D eigenvalue weighted by Gasteiger charge is -2.30. The second-order valence-corrected chi connectivity index (χ2v) is 9.13. The third-order valence-electron chi connectivity index (χ3n) is 5.30. The molecule has 1 aliphatic rings. The lowest BCUT2D eigenvalue weighted by Crippen LogP contribution is -2.58. The lowest BCUT2D eigenvalue weighted by molar-refractivity contribution is -0.150. The van der Waals surface area contributed by atoms with Crippen molar-refractivity contribution in [1.29, 1.82) is 0 Å². The van der Waals surface area contributed by atoms with Crippen LogP contribution in [0.25, 0.3) is 0 Å². The Hall–Kier alpha value is -2.34. The molecule has 4 atom stereocenters. The first-order chi connectivity index (χ1) is 15.0. The molecule has 0 saturated carbocycles. The van der Waals surface area contributed by atoms with Crippen LogP contribution in [0.1, 0.15) is 46.0 Å². The van der Waals surface area contributed by atoms with Crippen LogP contribution < -0.4 is 16.4 Å². The van der Waals surface area contributed by atoms with Gasteiger partial charge in [-0.25, -0.2) is 4.79 Å². The van der Waals surface area contributed by atoms with E-state index < -0.39 is 53.8 Å². The standard InChI is InChI=1S/C20H34N4O7S/c1-11(2)16(19(29)24-9-4-5-14(24)20(30)31)23-18(28)13(6-7-15(25)26)22-17(27)12(21)8-10-32-3/h11-14,16H,4-10,21H2,1-3H3,(H,22,27)(H,23,28)(H,25,26)(H,30,31). The predicted molar refractivity (Wildman–Crippen MR) is 119 cm³/mol. The minimum absolute atomic E-state index is 0.178. The summed E-state index contributed by atoms with van der Waals surface area (Å²) in [5.74, 6) is -3.76. The van der Waals surface area contributed by atoms with Crippen LogP contribution in [0.2, 0.25) is 0 Å². The number of hydrogen-bond acceptors (Lipinski definition) is 7. The average molecular weight is 475 g/mol. The average Bonchev–Trinajstić information content (AvgIpc) is 3.22. The molecule has 1 aliphatic heterocycles. The number of carbonyl (C=O) groups is 5. The summed E-state index contributed by atoms with van der Waals surface area (Å²) >= 11 is 1.51. The monoisotopic (exact) mass is 474 g/mol. The van der Waals surface area contributed by atoms with E-state index in [1.54, 1.807) is 13.8 Å². The fraction of sp³-hybridized carbons (Fsp3) is 0.750. The van der Waals surface area contributed by atoms with Crippen molar-refractivity contribution in [1.82, 2.24) is 15.5 Å². The third kappa shape index (κ3) is 8.30. The van der Waals surface area contributed by atoms with Gasteiger partial charge < -0.3 is 31.5 Å². The van der Waals surface area contributed by atoms with E-state index in [0.29, 0.717) is 25.0 Å². The quantitative estimate of drug-likeness (QED) is 0.238. The van der Waals surface area contributed by atoms with Gasteiger partial charge in [0.1, 0.15) is 18.1 Å². The highest BCUT2D eigenvalue weighted by atomic mass is 32.2. The minimum atomic E-state index is -1.19. The summed E-state index contributed by atoms with van der Waals surface area (Å²) in [6, 6.07) is -4.01. The summed E-state index contributed by atoms with van der Waals surface area (Å²) in [5, 5.41) is 23.4. The molecular formula is C20H34N4O7S. The number of rotatable bonds is 13. The van der Waals surface area contributed by atoms with E-state index in [4.69, 9.17) is 10.8 Å². The summed E-state index contributed by atoms with van der Waals surface area (Å²) in [6.07, 6.45) is 2.59.